The molecule has 0 bridgehead atoms. The van der Waals surface area contributed by atoms with Crippen LogP contribution >= 0.6 is 15.9 Å². The Morgan fingerprint density at radius 1 is 1.59 bits per heavy atom. The van der Waals surface area contributed by atoms with Gasteiger partial charge in [-0.3, -0.25) is 4.68 Å². The van der Waals surface area contributed by atoms with Crippen LogP contribution in [0.1, 0.15) is 24.7 Å². The lowest BCUT2D eigenvalue weighted by Gasteiger charge is -2.25. The van der Waals surface area contributed by atoms with Crippen LogP contribution in [-0.4, -0.2) is 34.7 Å². The number of hydrogen-bond donors (Lipinski definition) is 1. The Morgan fingerprint density at radius 2 is 2.35 bits per heavy atom. The molecule has 2 heterocycles. The molecule has 0 saturated carbocycles. The third-order valence-electron chi connectivity index (χ3n) is 3.52. The van der Waals surface area contributed by atoms with Gasteiger partial charge >= 0.3 is 0 Å². The lowest BCUT2D eigenvalue weighted by molar-refractivity contribution is 0.0917. The SMILES string of the molecule is CCn1nc(C)c(Br)c1CC1(CO)CCOC1. The quantitative estimate of drug-likeness (QED) is 0.924. The molecule has 5 heteroatoms. The van der Waals surface area contributed by atoms with E-state index in [0.29, 0.717) is 6.61 Å². The largest absolute Gasteiger partial charge is 0.396 e. The number of aromatic nitrogens is 2. The first kappa shape index (κ1) is 13.1. The third-order valence-corrected chi connectivity index (χ3v) is 4.55. The number of rotatable bonds is 4. The Balaban J connectivity index is 2.28. The second-order valence-corrected chi connectivity index (χ2v) is 5.59. The van der Waals surface area contributed by atoms with Gasteiger partial charge in [0.2, 0.25) is 0 Å². The number of aryl methyl sites for hydroxylation is 2. The Labute approximate surface area is 110 Å². The van der Waals surface area contributed by atoms with Crippen molar-refractivity contribution in [1.29, 1.82) is 0 Å². The predicted octanol–water partition coefficient (Wildman–Crippen LogP) is 1.92. The van der Waals surface area contributed by atoms with Gasteiger partial charge in [-0.05, 0) is 36.2 Å². The van der Waals surface area contributed by atoms with E-state index in [1.54, 1.807) is 0 Å². The molecule has 0 amide bonds. The topological polar surface area (TPSA) is 47.3 Å². The minimum atomic E-state index is -0.123. The van der Waals surface area contributed by atoms with Crippen molar-refractivity contribution in [3.05, 3.63) is 15.9 Å². The molecule has 1 unspecified atom stereocenters. The first-order valence-electron chi connectivity index (χ1n) is 6.02. The molecule has 1 aliphatic heterocycles. The second-order valence-electron chi connectivity index (χ2n) is 4.80. The van der Waals surface area contributed by atoms with Crippen LogP contribution in [0, 0.1) is 12.3 Å². The molecule has 0 aliphatic carbocycles. The molecule has 1 N–H and O–H groups in total. The highest BCUT2D eigenvalue weighted by molar-refractivity contribution is 9.10. The van der Waals surface area contributed by atoms with Crippen LogP contribution in [0.15, 0.2) is 4.47 Å². The maximum Gasteiger partial charge on any atom is 0.0738 e. The van der Waals surface area contributed by atoms with E-state index in [0.717, 1.165) is 36.2 Å². The van der Waals surface area contributed by atoms with Gasteiger partial charge in [0.1, 0.15) is 0 Å². The van der Waals surface area contributed by atoms with Gasteiger partial charge in [-0.25, -0.2) is 0 Å². The van der Waals surface area contributed by atoms with Crippen LogP contribution in [0.3, 0.4) is 0 Å². The lowest BCUT2D eigenvalue weighted by atomic mass is 9.83. The number of halogens is 1. The highest BCUT2D eigenvalue weighted by atomic mass is 79.9. The zero-order valence-corrected chi connectivity index (χ0v) is 12.0. The third kappa shape index (κ3) is 2.41. The number of ether oxygens (including phenoxy) is 1. The van der Waals surface area contributed by atoms with E-state index >= 15 is 0 Å². The van der Waals surface area contributed by atoms with E-state index in [1.807, 2.05) is 11.6 Å². The molecular formula is C12H19BrN2O2. The molecule has 96 valence electrons. The molecule has 1 aromatic heterocycles. The van der Waals surface area contributed by atoms with Gasteiger partial charge in [-0.15, -0.1) is 0 Å². The number of aliphatic hydroxyl groups excluding tert-OH is 1. The molecule has 0 radical (unpaired) electrons. The van der Waals surface area contributed by atoms with Crippen LogP contribution in [0.2, 0.25) is 0 Å². The van der Waals surface area contributed by atoms with Gasteiger partial charge in [0.05, 0.1) is 29.1 Å². The van der Waals surface area contributed by atoms with Crippen molar-refractivity contribution < 1.29 is 9.84 Å². The van der Waals surface area contributed by atoms with E-state index in [9.17, 15) is 5.11 Å². The van der Waals surface area contributed by atoms with Gasteiger partial charge in [-0.2, -0.15) is 5.10 Å². The fourth-order valence-corrected chi connectivity index (χ4v) is 2.79. The molecule has 1 atom stereocenters. The average Bonchev–Trinajstić information content (AvgIpc) is 2.90. The molecule has 17 heavy (non-hydrogen) atoms. The molecule has 1 saturated heterocycles. The summed E-state index contributed by atoms with van der Waals surface area (Å²) in [5.41, 5.74) is 2.06. The summed E-state index contributed by atoms with van der Waals surface area (Å²) in [6, 6.07) is 0. The zero-order valence-electron chi connectivity index (χ0n) is 10.4. The minimum absolute atomic E-state index is 0.123. The summed E-state index contributed by atoms with van der Waals surface area (Å²) in [4.78, 5) is 0. The van der Waals surface area contributed by atoms with Gasteiger partial charge in [0.25, 0.3) is 0 Å². The first-order chi connectivity index (χ1) is 8.12. The summed E-state index contributed by atoms with van der Waals surface area (Å²) < 4.78 is 8.52. The summed E-state index contributed by atoms with van der Waals surface area (Å²) in [6.07, 6.45) is 1.74. The Kier molecular flexibility index (Phi) is 3.90. The molecule has 2 rings (SSSR count). The Morgan fingerprint density at radius 3 is 2.88 bits per heavy atom. The standard InChI is InChI=1S/C12H19BrN2O2/c1-3-15-10(11(13)9(2)14-15)6-12(7-16)4-5-17-8-12/h16H,3-8H2,1-2H3. The van der Waals surface area contributed by atoms with E-state index < -0.39 is 0 Å². The van der Waals surface area contributed by atoms with Crippen molar-refractivity contribution in [3.63, 3.8) is 0 Å². The lowest BCUT2D eigenvalue weighted by Crippen LogP contribution is -2.29. The van der Waals surface area contributed by atoms with Crippen molar-refractivity contribution in [2.24, 2.45) is 5.41 Å². The maximum absolute atomic E-state index is 9.61. The van der Waals surface area contributed by atoms with Crippen molar-refractivity contribution in [3.8, 4) is 0 Å². The molecule has 4 nitrogen and oxygen atoms in total. The highest BCUT2D eigenvalue weighted by Gasteiger charge is 2.36. The van der Waals surface area contributed by atoms with Crippen LogP contribution < -0.4 is 0 Å². The molecule has 1 aliphatic rings. The van der Waals surface area contributed by atoms with Crippen molar-refractivity contribution in [1.82, 2.24) is 9.78 Å². The average molecular weight is 303 g/mol. The van der Waals surface area contributed by atoms with Gasteiger partial charge in [0, 0.05) is 25.0 Å². The van der Waals surface area contributed by atoms with E-state index in [1.165, 1.54) is 5.69 Å². The first-order valence-corrected chi connectivity index (χ1v) is 6.81. The Hall–Kier alpha value is -0.390. The molecule has 1 aromatic rings. The van der Waals surface area contributed by atoms with Gasteiger partial charge < -0.3 is 9.84 Å². The smallest absolute Gasteiger partial charge is 0.0738 e. The molecular weight excluding hydrogens is 284 g/mol. The summed E-state index contributed by atoms with van der Waals surface area (Å²) >= 11 is 3.60. The van der Waals surface area contributed by atoms with Crippen LogP contribution in [0.25, 0.3) is 0 Å². The number of aliphatic hydroxyl groups is 1. The fourth-order valence-electron chi connectivity index (χ4n) is 2.36. The second kappa shape index (κ2) is 5.08. The van der Waals surface area contributed by atoms with Crippen LogP contribution in [0.4, 0.5) is 0 Å². The van der Waals surface area contributed by atoms with Crippen LogP contribution in [0.5, 0.6) is 0 Å². The zero-order chi connectivity index (χ0) is 12.5. The molecule has 0 aromatic carbocycles. The summed E-state index contributed by atoms with van der Waals surface area (Å²) in [6.45, 7) is 6.49. The van der Waals surface area contributed by atoms with Crippen molar-refractivity contribution >= 4 is 15.9 Å². The van der Waals surface area contributed by atoms with E-state index in [-0.39, 0.29) is 12.0 Å². The minimum Gasteiger partial charge on any atom is -0.396 e. The number of nitrogens with zero attached hydrogens (tertiary/aromatic N) is 2. The predicted molar refractivity (Wildman–Crippen MR) is 69.0 cm³/mol. The number of hydrogen-bond acceptors (Lipinski definition) is 3. The molecule has 0 spiro atoms. The maximum atomic E-state index is 9.61. The monoisotopic (exact) mass is 302 g/mol. The molecule has 1 fully saturated rings. The van der Waals surface area contributed by atoms with E-state index in [2.05, 4.69) is 28.0 Å². The normalized spacial score (nSPS) is 24.5. The summed E-state index contributed by atoms with van der Waals surface area (Å²) in [7, 11) is 0. The van der Waals surface area contributed by atoms with E-state index in [4.69, 9.17) is 4.74 Å². The van der Waals surface area contributed by atoms with Crippen molar-refractivity contribution in [2.45, 2.75) is 33.2 Å². The van der Waals surface area contributed by atoms with Crippen LogP contribution in [-0.2, 0) is 17.7 Å². The van der Waals surface area contributed by atoms with Gasteiger partial charge in [-0.1, -0.05) is 0 Å². The highest BCUT2D eigenvalue weighted by Crippen LogP contribution is 2.35. The fraction of sp³-hybridized carbons (Fsp3) is 0.750. The summed E-state index contributed by atoms with van der Waals surface area (Å²) in [5, 5.41) is 14.1. The van der Waals surface area contributed by atoms with Crippen molar-refractivity contribution in [2.75, 3.05) is 19.8 Å². The Bertz CT molecular complexity index is 397. The van der Waals surface area contributed by atoms with Gasteiger partial charge in [0.15, 0.2) is 0 Å². The summed E-state index contributed by atoms with van der Waals surface area (Å²) in [5.74, 6) is 0.